The summed E-state index contributed by atoms with van der Waals surface area (Å²) in [5.74, 6) is 0.675. The van der Waals surface area contributed by atoms with Crippen LogP contribution in [0.2, 0.25) is 0 Å². The van der Waals surface area contributed by atoms with Gasteiger partial charge in [-0.2, -0.15) is 0 Å². The highest BCUT2D eigenvalue weighted by Crippen LogP contribution is 2.22. The number of carbonyl (C=O) groups excluding carboxylic acids is 2. The van der Waals surface area contributed by atoms with E-state index < -0.39 is 5.91 Å². The molecule has 0 fully saturated rings. The van der Waals surface area contributed by atoms with Crippen LogP contribution >= 0.6 is 0 Å². The highest BCUT2D eigenvalue weighted by Gasteiger charge is 2.17. The number of carbonyl (C=O) groups is 2. The maximum absolute atomic E-state index is 12.5. The van der Waals surface area contributed by atoms with Gasteiger partial charge < -0.3 is 15.4 Å². The molecule has 0 saturated heterocycles. The molecular weight excluding hydrogens is 366 g/mol. The Bertz CT molecular complexity index is 994. The molecule has 1 heterocycles. The number of amides is 2. The van der Waals surface area contributed by atoms with Crippen molar-refractivity contribution in [1.82, 2.24) is 10.3 Å². The van der Waals surface area contributed by atoms with Crippen LogP contribution in [0.25, 0.3) is 0 Å². The number of nitrogens with zero attached hydrogens (tertiary/aromatic N) is 1. The van der Waals surface area contributed by atoms with Crippen molar-refractivity contribution in [2.75, 3.05) is 5.32 Å². The van der Waals surface area contributed by atoms with Crippen LogP contribution in [0.4, 0.5) is 5.69 Å². The zero-order valence-corrected chi connectivity index (χ0v) is 16.6. The fourth-order valence-corrected chi connectivity index (χ4v) is 2.52. The molecule has 29 heavy (non-hydrogen) atoms. The molecule has 2 aromatic carbocycles. The molecule has 0 saturated carbocycles. The second kappa shape index (κ2) is 8.56. The van der Waals surface area contributed by atoms with Crippen LogP contribution in [-0.4, -0.2) is 22.3 Å². The topological polar surface area (TPSA) is 80.3 Å². The fraction of sp³-hybridized carbons (Fsp3) is 0.174. The molecule has 0 aliphatic carbocycles. The summed E-state index contributed by atoms with van der Waals surface area (Å²) in [5, 5.41) is 5.61. The van der Waals surface area contributed by atoms with Crippen LogP contribution in [0.1, 0.15) is 41.7 Å². The number of anilines is 1. The van der Waals surface area contributed by atoms with Crippen molar-refractivity contribution < 1.29 is 14.3 Å². The SMILES string of the molecule is CC(C)(C)NC(=O)c1cccc(C(=O)Nc2ccc(Oc3ccccc3)cc2)n1. The van der Waals surface area contributed by atoms with E-state index in [1.54, 1.807) is 42.5 Å². The second-order valence-corrected chi connectivity index (χ2v) is 7.51. The van der Waals surface area contributed by atoms with E-state index in [2.05, 4.69) is 15.6 Å². The smallest absolute Gasteiger partial charge is 0.274 e. The average molecular weight is 389 g/mol. The minimum atomic E-state index is -0.396. The van der Waals surface area contributed by atoms with Crippen molar-refractivity contribution in [3.05, 3.63) is 84.2 Å². The van der Waals surface area contributed by atoms with E-state index >= 15 is 0 Å². The van der Waals surface area contributed by atoms with Crippen molar-refractivity contribution in [1.29, 1.82) is 0 Å². The summed E-state index contributed by atoms with van der Waals surface area (Å²) < 4.78 is 5.74. The Morgan fingerprint density at radius 1 is 0.759 bits per heavy atom. The largest absolute Gasteiger partial charge is 0.457 e. The predicted molar refractivity (Wildman–Crippen MR) is 112 cm³/mol. The number of aromatic nitrogens is 1. The van der Waals surface area contributed by atoms with Gasteiger partial charge in [-0.1, -0.05) is 24.3 Å². The third-order valence-corrected chi connectivity index (χ3v) is 3.79. The van der Waals surface area contributed by atoms with Gasteiger partial charge in [-0.05, 0) is 69.3 Å². The van der Waals surface area contributed by atoms with E-state index in [1.807, 2.05) is 51.1 Å². The van der Waals surface area contributed by atoms with Crippen LogP contribution in [-0.2, 0) is 0 Å². The lowest BCUT2D eigenvalue weighted by Crippen LogP contribution is -2.41. The number of benzene rings is 2. The number of pyridine rings is 1. The number of para-hydroxylation sites is 1. The summed E-state index contributed by atoms with van der Waals surface area (Å²) in [6.07, 6.45) is 0. The van der Waals surface area contributed by atoms with E-state index in [1.165, 1.54) is 0 Å². The van der Waals surface area contributed by atoms with Gasteiger partial charge in [0.2, 0.25) is 0 Å². The minimum absolute atomic E-state index is 0.163. The lowest BCUT2D eigenvalue weighted by molar-refractivity contribution is 0.0914. The summed E-state index contributed by atoms with van der Waals surface area (Å²) in [5.41, 5.74) is 0.567. The van der Waals surface area contributed by atoms with Gasteiger partial charge in [-0.3, -0.25) is 9.59 Å². The first kappa shape index (κ1) is 20.1. The summed E-state index contributed by atoms with van der Waals surface area (Å²) in [6, 6.07) is 21.2. The van der Waals surface area contributed by atoms with Crippen LogP contribution in [0.3, 0.4) is 0 Å². The van der Waals surface area contributed by atoms with Crippen LogP contribution < -0.4 is 15.4 Å². The molecule has 6 nitrogen and oxygen atoms in total. The molecule has 0 atom stereocenters. The Hall–Kier alpha value is -3.67. The third-order valence-electron chi connectivity index (χ3n) is 3.79. The molecule has 0 radical (unpaired) electrons. The van der Waals surface area contributed by atoms with Crippen molar-refractivity contribution in [2.45, 2.75) is 26.3 Å². The lowest BCUT2D eigenvalue weighted by atomic mass is 10.1. The molecule has 0 bridgehead atoms. The van der Waals surface area contributed by atoms with Crippen LogP contribution in [0.15, 0.2) is 72.8 Å². The van der Waals surface area contributed by atoms with Gasteiger partial charge in [0, 0.05) is 11.2 Å². The van der Waals surface area contributed by atoms with Gasteiger partial charge >= 0.3 is 0 Å². The average Bonchev–Trinajstić information content (AvgIpc) is 2.69. The van der Waals surface area contributed by atoms with Gasteiger partial charge in [0.15, 0.2) is 0 Å². The zero-order valence-electron chi connectivity index (χ0n) is 16.6. The van der Waals surface area contributed by atoms with E-state index in [0.717, 1.165) is 5.75 Å². The summed E-state index contributed by atoms with van der Waals surface area (Å²) in [4.78, 5) is 29.0. The van der Waals surface area contributed by atoms with E-state index in [9.17, 15) is 9.59 Å². The Labute approximate surface area is 169 Å². The second-order valence-electron chi connectivity index (χ2n) is 7.51. The van der Waals surface area contributed by atoms with Crippen molar-refractivity contribution in [2.24, 2.45) is 0 Å². The van der Waals surface area contributed by atoms with Crippen molar-refractivity contribution >= 4 is 17.5 Å². The number of rotatable bonds is 5. The van der Waals surface area contributed by atoms with Crippen molar-refractivity contribution in [3.63, 3.8) is 0 Å². The number of nitrogens with one attached hydrogen (secondary N) is 2. The highest BCUT2D eigenvalue weighted by atomic mass is 16.5. The molecule has 0 spiro atoms. The molecule has 1 aromatic heterocycles. The maximum Gasteiger partial charge on any atom is 0.274 e. The van der Waals surface area contributed by atoms with E-state index in [-0.39, 0.29) is 22.8 Å². The first-order valence-electron chi connectivity index (χ1n) is 9.24. The number of hydrogen-bond acceptors (Lipinski definition) is 4. The first-order valence-corrected chi connectivity index (χ1v) is 9.24. The van der Waals surface area contributed by atoms with E-state index in [4.69, 9.17) is 4.74 Å². The minimum Gasteiger partial charge on any atom is -0.457 e. The molecular formula is C23H23N3O3. The van der Waals surface area contributed by atoms with Gasteiger partial charge in [0.25, 0.3) is 11.8 Å². The summed E-state index contributed by atoms with van der Waals surface area (Å²) in [6.45, 7) is 5.64. The van der Waals surface area contributed by atoms with Gasteiger partial charge in [0.1, 0.15) is 22.9 Å². The Morgan fingerprint density at radius 2 is 1.34 bits per heavy atom. The fourth-order valence-electron chi connectivity index (χ4n) is 2.52. The predicted octanol–water partition coefficient (Wildman–Crippen LogP) is 4.65. The van der Waals surface area contributed by atoms with E-state index in [0.29, 0.717) is 11.4 Å². The maximum atomic E-state index is 12.5. The van der Waals surface area contributed by atoms with Crippen LogP contribution in [0, 0.1) is 0 Å². The lowest BCUT2D eigenvalue weighted by Gasteiger charge is -2.20. The summed E-state index contributed by atoms with van der Waals surface area (Å²) >= 11 is 0. The molecule has 148 valence electrons. The summed E-state index contributed by atoms with van der Waals surface area (Å²) in [7, 11) is 0. The normalized spacial score (nSPS) is 10.9. The molecule has 0 aliphatic heterocycles. The molecule has 2 amide bonds. The monoisotopic (exact) mass is 389 g/mol. The highest BCUT2D eigenvalue weighted by molar-refractivity contribution is 6.03. The van der Waals surface area contributed by atoms with Gasteiger partial charge in [-0.25, -0.2) is 4.98 Å². The molecule has 0 unspecified atom stereocenters. The van der Waals surface area contributed by atoms with Gasteiger partial charge in [-0.15, -0.1) is 0 Å². The number of hydrogen-bond donors (Lipinski definition) is 2. The van der Waals surface area contributed by atoms with Gasteiger partial charge in [0.05, 0.1) is 0 Å². The molecule has 3 aromatic rings. The molecule has 3 rings (SSSR count). The third kappa shape index (κ3) is 5.90. The first-order chi connectivity index (χ1) is 13.8. The molecule has 6 heteroatoms. The Kier molecular flexibility index (Phi) is 5.93. The Balaban J connectivity index is 1.65. The Morgan fingerprint density at radius 3 is 1.97 bits per heavy atom. The standard InChI is InChI=1S/C23H23N3O3/c1-23(2,3)26-22(28)20-11-7-10-19(25-20)21(27)24-16-12-14-18(15-13-16)29-17-8-5-4-6-9-17/h4-15H,1-3H3,(H,24,27)(H,26,28). The molecule has 0 aliphatic rings. The quantitative estimate of drug-likeness (QED) is 0.665. The zero-order chi connectivity index (χ0) is 20.9. The number of ether oxygens (including phenoxy) is 1. The van der Waals surface area contributed by atoms with Crippen molar-refractivity contribution in [3.8, 4) is 11.5 Å². The van der Waals surface area contributed by atoms with Crippen LogP contribution in [0.5, 0.6) is 11.5 Å². The molecule has 2 N–H and O–H groups in total.